The van der Waals surface area contributed by atoms with Crippen LogP contribution >= 0.6 is 0 Å². The summed E-state index contributed by atoms with van der Waals surface area (Å²) in [5, 5.41) is 3.43. The number of fused-ring (bicyclic) bond motifs is 1. The van der Waals surface area contributed by atoms with Crippen molar-refractivity contribution in [2.45, 2.75) is 63.6 Å². The number of morpholine rings is 1. The highest BCUT2D eigenvalue weighted by atomic mass is 16.5. The minimum atomic E-state index is 0.233. The first kappa shape index (κ1) is 13.4. The SMILES string of the molecule is C[C@H]1C[C@@H](C(=O)N2CCOC3CCCCC32)CCN1. The van der Waals surface area contributed by atoms with Gasteiger partial charge in [0.1, 0.15) is 0 Å². The average Bonchev–Trinajstić information content (AvgIpc) is 2.46. The highest BCUT2D eigenvalue weighted by molar-refractivity contribution is 5.79. The maximum absolute atomic E-state index is 12.8. The van der Waals surface area contributed by atoms with Crippen molar-refractivity contribution in [1.82, 2.24) is 10.2 Å². The summed E-state index contributed by atoms with van der Waals surface area (Å²) in [5.41, 5.74) is 0. The van der Waals surface area contributed by atoms with Crippen LogP contribution in [0.25, 0.3) is 0 Å². The Bertz CT molecular complexity index is 332. The molecule has 4 atom stereocenters. The molecule has 3 fully saturated rings. The highest BCUT2D eigenvalue weighted by Gasteiger charge is 2.39. The third kappa shape index (κ3) is 2.79. The molecule has 1 aliphatic carbocycles. The van der Waals surface area contributed by atoms with Crippen molar-refractivity contribution in [2.75, 3.05) is 19.7 Å². The molecule has 0 aromatic carbocycles. The zero-order valence-corrected chi connectivity index (χ0v) is 11.9. The van der Waals surface area contributed by atoms with E-state index >= 15 is 0 Å². The van der Waals surface area contributed by atoms with Crippen LogP contribution in [0.5, 0.6) is 0 Å². The number of rotatable bonds is 1. The predicted molar refractivity (Wildman–Crippen MR) is 73.9 cm³/mol. The molecule has 1 amide bonds. The third-order valence-electron chi connectivity index (χ3n) is 4.99. The largest absolute Gasteiger partial charge is 0.374 e. The van der Waals surface area contributed by atoms with Crippen LogP contribution in [0, 0.1) is 5.92 Å². The molecule has 1 N–H and O–H groups in total. The highest BCUT2D eigenvalue weighted by Crippen LogP contribution is 2.30. The summed E-state index contributed by atoms with van der Waals surface area (Å²) in [6, 6.07) is 0.839. The Morgan fingerprint density at radius 3 is 2.95 bits per heavy atom. The molecular formula is C15H26N2O2. The fraction of sp³-hybridized carbons (Fsp3) is 0.933. The summed E-state index contributed by atoms with van der Waals surface area (Å²) in [6.45, 7) is 4.70. The number of nitrogens with one attached hydrogen (secondary N) is 1. The van der Waals surface area contributed by atoms with Crippen LogP contribution in [0.1, 0.15) is 45.4 Å². The van der Waals surface area contributed by atoms with Crippen molar-refractivity contribution in [2.24, 2.45) is 5.92 Å². The molecule has 1 saturated carbocycles. The second kappa shape index (κ2) is 5.80. The number of piperidine rings is 1. The van der Waals surface area contributed by atoms with Gasteiger partial charge >= 0.3 is 0 Å². The summed E-state index contributed by atoms with van der Waals surface area (Å²) >= 11 is 0. The Morgan fingerprint density at radius 1 is 1.26 bits per heavy atom. The van der Waals surface area contributed by atoms with Crippen LogP contribution in [-0.2, 0) is 9.53 Å². The Balaban J connectivity index is 1.67. The number of carbonyl (C=O) groups is 1. The molecule has 4 nitrogen and oxygen atoms in total. The van der Waals surface area contributed by atoms with Crippen LogP contribution in [0.2, 0.25) is 0 Å². The quantitative estimate of drug-likeness (QED) is 0.783. The van der Waals surface area contributed by atoms with Crippen LogP contribution in [0.4, 0.5) is 0 Å². The maximum Gasteiger partial charge on any atom is 0.226 e. The molecule has 0 radical (unpaired) electrons. The summed E-state index contributed by atoms with van der Waals surface area (Å²) in [6.07, 6.45) is 7.08. The molecule has 2 saturated heterocycles. The normalized spacial score (nSPS) is 39.7. The van der Waals surface area contributed by atoms with Crippen LogP contribution in [0.15, 0.2) is 0 Å². The number of hydrogen-bond acceptors (Lipinski definition) is 3. The third-order valence-corrected chi connectivity index (χ3v) is 4.99. The van der Waals surface area contributed by atoms with Gasteiger partial charge < -0.3 is 15.0 Å². The second-order valence-corrected chi connectivity index (χ2v) is 6.37. The topological polar surface area (TPSA) is 41.6 Å². The molecule has 2 aliphatic heterocycles. The maximum atomic E-state index is 12.8. The van der Waals surface area contributed by atoms with Crippen molar-refractivity contribution in [1.29, 1.82) is 0 Å². The lowest BCUT2D eigenvalue weighted by Crippen LogP contribution is -2.57. The van der Waals surface area contributed by atoms with Gasteiger partial charge in [-0.3, -0.25) is 4.79 Å². The summed E-state index contributed by atoms with van der Waals surface area (Å²) in [4.78, 5) is 15.0. The van der Waals surface area contributed by atoms with Crippen molar-refractivity contribution in [3.63, 3.8) is 0 Å². The van der Waals surface area contributed by atoms with E-state index in [1.165, 1.54) is 12.8 Å². The zero-order valence-electron chi connectivity index (χ0n) is 11.9. The standard InChI is InChI=1S/C15H26N2O2/c1-11-10-12(6-7-16-11)15(18)17-8-9-19-14-5-3-2-4-13(14)17/h11-14,16H,2-10H2,1H3/t11-,12-,13?,14?/m0/s1. The lowest BCUT2D eigenvalue weighted by atomic mass is 9.87. The van der Waals surface area contributed by atoms with E-state index in [4.69, 9.17) is 4.74 Å². The van der Waals surface area contributed by atoms with Crippen molar-refractivity contribution in [3.8, 4) is 0 Å². The summed E-state index contributed by atoms with van der Waals surface area (Å²) in [5.74, 6) is 0.630. The van der Waals surface area contributed by atoms with Gasteiger partial charge in [0.2, 0.25) is 5.91 Å². The molecule has 2 heterocycles. The zero-order chi connectivity index (χ0) is 13.2. The fourth-order valence-corrected chi connectivity index (χ4v) is 3.96. The number of ether oxygens (including phenoxy) is 1. The molecule has 19 heavy (non-hydrogen) atoms. The van der Waals surface area contributed by atoms with Gasteiger partial charge in [0.05, 0.1) is 18.8 Å². The molecule has 0 aromatic rings. The van der Waals surface area contributed by atoms with Gasteiger partial charge in [0.25, 0.3) is 0 Å². The van der Waals surface area contributed by atoms with Crippen LogP contribution in [-0.4, -0.2) is 48.7 Å². The smallest absolute Gasteiger partial charge is 0.226 e. The van der Waals surface area contributed by atoms with Gasteiger partial charge in [0, 0.05) is 18.5 Å². The summed E-state index contributed by atoms with van der Waals surface area (Å²) in [7, 11) is 0. The van der Waals surface area contributed by atoms with E-state index in [1.807, 2.05) is 0 Å². The minimum Gasteiger partial charge on any atom is -0.374 e. The molecule has 3 rings (SSSR count). The number of hydrogen-bond donors (Lipinski definition) is 1. The van der Waals surface area contributed by atoms with Crippen LogP contribution in [0.3, 0.4) is 0 Å². The number of nitrogens with zero attached hydrogens (tertiary/aromatic N) is 1. The minimum absolute atomic E-state index is 0.233. The van der Waals surface area contributed by atoms with Crippen LogP contribution < -0.4 is 5.32 Å². The molecule has 2 unspecified atom stereocenters. The van der Waals surface area contributed by atoms with E-state index in [9.17, 15) is 4.79 Å². The number of amides is 1. The Hall–Kier alpha value is -0.610. The predicted octanol–water partition coefficient (Wildman–Crippen LogP) is 1.54. The van der Waals surface area contributed by atoms with Gasteiger partial charge in [0.15, 0.2) is 0 Å². The molecule has 108 valence electrons. The Labute approximate surface area is 115 Å². The lowest BCUT2D eigenvalue weighted by Gasteiger charge is -2.45. The first-order chi connectivity index (χ1) is 9.25. The molecular weight excluding hydrogens is 240 g/mol. The van der Waals surface area contributed by atoms with Gasteiger partial charge in [-0.05, 0) is 39.2 Å². The van der Waals surface area contributed by atoms with E-state index in [-0.39, 0.29) is 5.92 Å². The van der Waals surface area contributed by atoms with E-state index in [0.717, 1.165) is 45.4 Å². The first-order valence-electron chi connectivity index (χ1n) is 7.91. The Kier molecular flexibility index (Phi) is 4.08. The molecule has 0 aromatic heterocycles. The Morgan fingerprint density at radius 2 is 2.11 bits per heavy atom. The summed E-state index contributed by atoms with van der Waals surface area (Å²) < 4.78 is 5.86. The molecule has 0 spiro atoms. The van der Waals surface area contributed by atoms with E-state index in [1.54, 1.807) is 0 Å². The van der Waals surface area contributed by atoms with E-state index in [2.05, 4.69) is 17.1 Å². The van der Waals surface area contributed by atoms with Crippen molar-refractivity contribution < 1.29 is 9.53 Å². The van der Waals surface area contributed by atoms with Gasteiger partial charge in [-0.15, -0.1) is 0 Å². The average molecular weight is 266 g/mol. The van der Waals surface area contributed by atoms with E-state index < -0.39 is 0 Å². The van der Waals surface area contributed by atoms with Crippen molar-refractivity contribution in [3.05, 3.63) is 0 Å². The lowest BCUT2D eigenvalue weighted by molar-refractivity contribution is -0.154. The van der Waals surface area contributed by atoms with Gasteiger partial charge in [-0.1, -0.05) is 12.8 Å². The van der Waals surface area contributed by atoms with E-state index in [0.29, 0.717) is 24.1 Å². The molecule has 4 heteroatoms. The first-order valence-corrected chi connectivity index (χ1v) is 7.91. The fourth-order valence-electron chi connectivity index (χ4n) is 3.96. The van der Waals surface area contributed by atoms with Gasteiger partial charge in [-0.25, -0.2) is 0 Å². The molecule has 0 bridgehead atoms. The molecule has 3 aliphatic rings. The number of carbonyl (C=O) groups excluding carboxylic acids is 1. The second-order valence-electron chi connectivity index (χ2n) is 6.37. The monoisotopic (exact) mass is 266 g/mol. The van der Waals surface area contributed by atoms with Crippen molar-refractivity contribution >= 4 is 5.91 Å². The van der Waals surface area contributed by atoms with Gasteiger partial charge in [-0.2, -0.15) is 0 Å².